The van der Waals surface area contributed by atoms with Crippen LogP contribution < -0.4 is 29.6 Å². The molecule has 1 heterocycles. The van der Waals surface area contributed by atoms with E-state index >= 15 is 0 Å². The van der Waals surface area contributed by atoms with E-state index in [9.17, 15) is 9.18 Å². The van der Waals surface area contributed by atoms with Gasteiger partial charge in [0.25, 0.3) is 5.91 Å². The number of rotatable bonds is 11. The Labute approximate surface area is 248 Å². The second-order valence-corrected chi connectivity index (χ2v) is 9.41. The van der Waals surface area contributed by atoms with Crippen molar-refractivity contribution in [2.45, 2.75) is 20.8 Å². The number of allylic oxidation sites excluding steroid dienone is 1. The molecule has 0 unspecified atom stereocenters. The standard InChI is InChI=1S/C31H32ClFN4O5/c1-7-25(21-15-27(39-5)28(40-6)16-23(21)34-4)42-26-12-10-20(14-22(26)32)35-31(38)30-29(41-8-2)17-37(36-30)24-11-9-19(33)13-18(24)3/h7,9-17,34H,8H2,1-6H3,(H,35,38)/b25-7+. The lowest BCUT2D eigenvalue weighted by atomic mass is 10.1. The molecule has 0 aliphatic heterocycles. The number of nitrogens with one attached hydrogen (secondary N) is 2. The summed E-state index contributed by atoms with van der Waals surface area (Å²) in [7, 11) is 4.93. The largest absolute Gasteiger partial charge is 0.493 e. The zero-order valence-electron chi connectivity index (χ0n) is 24.2. The first-order valence-electron chi connectivity index (χ1n) is 13.1. The number of carbonyl (C=O) groups is 1. The molecule has 0 saturated carbocycles. The second kappa shape index (κ2) is 13.3. The highest BCUT2D eigenvalue weighted by molar-refractivity contribution is 6.32. The van der Waals surface area contributed by atoms with Gasteiger partial charge in [-0.3, -0.25) is 4.79 Å². The number of hydrogen-bond acceptors (Lipinski definition) is 7. The molecule has 4 rings (SSSR count). The Morgan fingerprint density at radius 1 is 1.05 bits per heavy atom. The molecule has 0 saturated heterocycles. The van der Waals surface area contributed by atoms with E-state index in [4.69, 9.17) is 30.5 Å². The molecule has 0 fully saturated rings. The van der Waals surface area contributed by atoms with E-state index in [2.05, 4.69) is 15.7 Å². The number of nitrogens with zero attached hydrogens (tertiary/aromatic N) is 2. The van der Waals surface area contributed by atoms with Gasteiger partial charge in [-0.1, -0.05) is 11.6 Å². The highest BCUT2D eigenvalue weighted by Gasteiger charge is 2.21. The van der Waals surface area contributed by atoms with Crippen LogP contribution >= 0.6 is 11.6 Å². The minimum Gasteiger partial charge on any atom is -0.493 e. The van der Waals surface area contributed by atoms with Gasteiger partial charge in [0.15, 0.2) is 22.9 Å². The van der Waals surface area contributed by atoms with Gasteiger partial charge >= 0.3 is 0 Å². The van der Waals surface area contributed by atoms with Crippen LogP contribution in [0.25, 0.3) is 11.4 Å². The lowest BCUT2D eigenvalue weighted by Gasteiger charge is -2.18. The van der Waals surface area contributed by atoms with Gasteiger partial charge in [-0.15, -0.1) is 0 Å². The van der Waals surface area contributed by atoms with E-state index < -0.39 is 5.91 Å². The zero-order valence-corrected chi connectivity index (χ0v) is 24.9. The van der Waals surface area contributed by atoms with E-state index in [0.29, 0.717) is 46.6 Å². The summed E-state index contributed by atoms with van der Waals surface area (Å²) in [5.41, 5.74) is 3.28. The number of aromatic nitrogens is 2. The summed E-state index contributed by atoms with van der Waals surface area (Å²) in [5.74, 6) is 1.46. The molecule has 3 aromatic carbocycles. The fraction of sp³-hybridized carbons (Fsp3) is 0.226. The molecule has 0 bridgehead atoms. The lowest BCUT2D eigenvalue weighted by molar-refractivity contribution is 0.101. The number of aryl methyl sites for hydroxylation is 1. The monoisotopic (exact) mass is 594 g/mol. The van der Waals surface area contributed by atoms with Crippen molar-refractivity contribution in [3.05, 3.63) is 88.5 Å². The molecule has 0 radical (unpaired) electrons. The van der Waals surface area contributed by atoms with Gasteiger partial charge in [0.2, 0.25) is 0 Å². The summed E-state index contributed by atoms with van der Waals surface area (Å²) in [6.07, 6.45) is 3.40. The summed E-state index contributed by atoms with van der Waals surface area (Å²) in [5, 5.41) is 10.6. The molecule has 0 spiro atoms. The summed E-state index contributed by atoms with van der Waals surface area (Å²) in [6, 6.07) is 12.9. The average Bonchev–Trinajstić information content (AvgIpc) is 3.40. The minimum absolute atomic E-state index is 0.0706. The topological polar surface area (TPSA) is 95.9 Å². The van der Waals surface area contributed by atoms with Crippen molar-refractivity contribution < 1.29 is 28.1 Å². The fourth-order valence-electron chi connectivity index (χ4n) is 4.31. The minimum atomic E-state index is -0.500. The van der Waals surface area contributed by atoms with Crippen molar-refractivity contribution in [3.63, 3.8) is 0 Å². The normalized spacial score (nSPS) is 11.2. The lowest BCUT2D eigenvalue weighted by Crippen LogP contribution is -2.14. The van der Waals surface area contributed by atoms with E-state index in [1.807, 2.05) is 25.1 Å². The molecule has 220 valence electrons. The van der Waals surface area contributed by atoms with Crippen LogP contribution in [0.5, 0.6) is 23.0 Å². The van der Waals surface area contributed by atoms with Crippen LogP contribution in [-0.2, 0) is 0 Å². The van der Waals surface area contributed by atoms with Crippen molar-refractivity contribution >= 4 is 34.6 Å². The second-order valence-electron chi connectivity index (χ2n) is 9.01. The Kier molecular flexibility index (Phi) is 9.59. The van der Waals surface area contributed by atoms with E-state index in [-0.39, 0.29) is 22.3 Å². The number of halogens is 2. The number of ether oxygens (including phenoxy) is 4. The molecule has 1 aromatic heterocycles. The Balaban J connectivity index is 1.57. The summed E-state index contributed by atoms with van der Waals surface area (Å²) in [6.45, 7) is 5.74. The zero-order chi connectivity index (χ0) is 30.4. The van der Waals surface area contributed by atoms with Crippen LogP contribution in [0.1, 0.15) is 35.5 Å². The molecule has 0 atom stereocenters. The number of carbonyl (C=O) groups excluding carboxylic acids is 1. The average molecular weight is 595 g/mol. The third-order valence-corrected chi connectivity index (χ3v) is 6.63. The highest BCUT2D eigenvalue weighted by atomic mass is 35.5. The number of benzene rings is 3. The maximum Gasteiger partial charge on any atom is 0.280 e. The molecular formula is C31H32ClFN4O5. The van der Waals surface area contributed by atoms with Gasteiger partial charge in [-0.2, -0.15) is 5.10 Å². The maximum atomic E-state index is 13.6. The highest BCUT2D eigenvalue weighted by Crippen LogP contribution is 2.39. The molecule has 42 heavy (non-hydrogen) atoms. The van der Waals surface area contributed by atoms with Gasteiger partial charge in [0, 0.05) is 30.1 Å². The number of methoxy groups -OCH3 is 2. The van der Waals surface area contributed by atoms with Crippen LogP contribution in [0.3, 0.4) is 0 Å². The summed E-state index contributed by atoms with van der Waals surface area (Å²) in [4.78, 5) is 13.2. The van der Waals surface area contributed by atoms with Crippen molar-refractivity contribution in [1.82, 2.24) is 9.78 Å². The number of amides is 1. The van der Waals surface area contributed by atoms with Crippen molar-refractivity contribution in [2.75, 3.05) is 38.5 Å². The van der Waals surface area contributed by atoms with Crippen LogP contribution in [-0.4, -0.2) is 43.6 Å². The molecule has 11 heteroatoms. The van der Waals surface area contributed by atoms with E-state index in [1.54, 1.807) is 65.6 Å². The van der Waals surface area contributed by atoms with Gasteiger partial charge in [-0.25, -0.2) is 9.07 Å². The van der Waals surface area contributed by atoms with E-state index in [1.165, 1.54) is 16.8 Å². The SMILES string of the molecule is C/C=C(/Oc1ccc(NC(=O)c2nn(-c3ccc(F)cc3C)cc2OCC)cc1Cl)c1cc(OC)c(OC)cc1NC. The van der Waals surface area contributed by atoms with Gasteiger partial charge in [0.05, 0.1) is 37.7 Å². The predicted molar refractivity (Wildman–Crippen MR) is 162 cm³/mol. The maximum absolute atomic E-state index is 13.6. The van der Waals surface area contributed by atoms with Crippen molar-refractivity contribution in [2.24, 2.45) is 0 Å². The Morgan fingerprint density at radius 3 is 2.40 bits per heavy atom. The number of hydrogen-bond donors (Lipinski definition) is 2. The van der Waals surface area contributed by atoms with Crippen LogP contribution in [0.15, 0.2) is 60.8 Å². The quantitative estimate of drug-likeness (QED) is 0.178. The summed E-state index contributed by atoms with van der Waals surface area (Å²) < 4.78 is 37.8. The Bertz CT molecular complexity index is 1640. The molecule has 0 aliphatic rings. The van der Waals surface area contributed by atoms with Gasteiger partial charge in [-0.05, 0) is 74.9 Å². The van der Waals surface area contributed by atoms with Crippen molar-refractivity contribution in [1.29, 1.82) is 0 Å². The molecular weight excluding hydrogens is 563 g/mol. The summed E-state index contributed by atoms with van der Waals surface area (Å²) >= 11 is 6.58. The van der Waals surface area contributed by atoms with Crippen molar-refractivity contribution in [3.8, 4) is 28.7 Å². The molecule has 2 N–H and O–H groups in total. The van der Waals surface area contributed by atoms with Crippen LogP contribution in [0, 0.1) is 12.7 Å². The predicted octanol–water partition coefficient (Wildman–Crippen LogP) is 7.12. The van der Waals surface area contributed by atoms with Crippen LogP contribution in [0.2, 0.25) is 5.02 Å². The molecule has 0 aliphatic carbocycles. The van der Waals surface area contributed by atoms with Gasteiger partial charge in [0.1, 0.15) is 17.3 Å². The fourth-order valence-corrected chi connectivity index (χ4v) is 4.52. The molecule has 1 amide bonds. The first-order chi connectivity index (χ1) is 20.2. The smallest absolute Gasteiger partial charge is 0.280 e. The Morgan fingerprint density at radius 2 is 1.79 bits per heavy atom. The first kappa shape index (κ1) is 30.3. The number of anilines is 2. The third-order valence-electron chi connectivity index (χ3n) is 6.33. The Hall–Kier alpha value is -4.70. The molecule has 4 aromatic rings. The van der Waals surface area contributed by atoms with E-state index in [0.717, 1.165) is 11.3 Å². The van der Waals surface area contributed by atoms with Gasteiger partial charge < -0.3 is 29.6 Å². The first-order valence-corrected chi connectivity index (χ1v) is 13.5. The third kappa shape index (κ3) is 6.44. The molecule has 9 nitrogen and oxygen atoms in total. The van der Waals surface area contributed by atoms with Crippen LogP contribution in [0.4, 0.5) is 15.8 Å².